The van der Waals surface area contributed by atoms with Crippen molar-refractivity contribution in [2.75, 3.05) is 13.7 Å². The van der Waals surface area contributed by atoms with Gasteiger partial charge in [0.25, 0.3) is 0 Å². The molecule has 0 amide bonds. The molecule has 1 N–H and O–H groups in total. The third-order valence-corrected chi connectivity index (χ3v) is 8.22. The number of ether oxygens (including phenoxy) is 1. The van der Waals surface area contributed by atoms with E-state index in [1.54, 1.807) is 30.5 Å². The maximum Gasteiger partial charge on any atom is 0.338 e. The van der Waals surface area contributed by atoms with Gasteiger partial charge in [0.1, 0.15) is 23.8 Å². The molecule has 10 heteroatoms. The van der Waals surface area contributed by atoms with E-state index in [0.29, 0.717) is 12.8 Å². The van der Waals surface area contributed by atoms with Gasteiger partial charge in [-0.15, -0.1) is 0 Å². The number of H-pyrrole nitrogens is 1. The average Bonchev–Trinajstić information content (AvgIpc) is 3.27. The molecule has 2 aromatic heterocycles. The number of esters is 1. The number of hydrogen-bond acceptors (Lipinski definition) is 6. The molecular formula is C28H31FN4O4S. The molecule has 0 aliphatic carbocycles. The van der Waals surface area contributed by atoms with Crippen LogP contribution in [0.2, 0.25) is 0 Å². The predicted molar refractivity (Wildman–Crippen MR) is 143 cm³/mol. The summed E-state index contributed by atoms with van der Waals surface area (Å²) in [6, 6.07) is 13.1. The number of rotatable bonds is 10. The molecule has 0 spiro atoms. The maximum atomic E-state index is 13.5. The van der Waals surface area contributed by atoms with E-state index in [-0.39, 0.29) is 23.0 Å². The first-order chi connectivity index (χ1) is 18.0. The topological polar surface area (TPSA) is 105 Å². The molecule has 0 fully saturated rings. The van der Waals surface area contributed by atoms with Gasteiger partial charge in [-0.05, 0) is 61.2 Å². The highest BCUT2D eigenvalue weighted by atomic mass is 32.2. The molecule has 0 bridgehead atoms. The first-order valence-electron chi connectivity index (χ1n) is 12.3. The molecule has 0 unspecified atom stereocenters. The lowest BCUT2D eigenvalue weighted by Crippen LogP contribution is -2.41. The number of nitrogens with one attached hydrogen (secondary N) is 1. The molecule has 0 saturated carbocycles. The number of pyridine rings is 1. The van der Waals surface area contributed by atoms with Crippen molar-refractivity contribution in [2.24, 2.45) is 5.92 Å². The van der Waals surface area contributed by atoms with Crippen molar-refractivity contribution in [2.45, 2.75) is 44.6 Å². The molecule has 0 aliphatic rings. The Bertz CT molecular complexity index is 1530. The SMILES string of the molecule is Cc1nc2c(Cc3ccc(S(=O)(=O)N(C)[C@H](COC(=O)c4cccc(F)c4)CC(C)C)cc3)nccc2[nH]1. The largest absolute Gasteiger partial charge is 0.460 e. The van der Waals surface area contributed by atoms with Crippen LogP contribution >= 0.6 is 0 Å². The Balaban J connectivity index is 1.49. The Morgan fingerprint density at radius 3 is 2.55 bits per heavy atom. The summed E-state index contributed by atoms with van der Waals surface area (Å²) in [6.07, 6.45) is 2.70. The number of benzene rings is 2. The van der Waals surface area contributed by atoms with Crippen molar-refractivity contribution in [3.63, 3.8) is 0 Å². The highest BCUT2D eigenvalue weighted by molar-refractivity contribution is 7.89. The Morgan fingerprint density at radius 1 is 1.13 bits per heavy atom. The van der Waals surface area contributed by atoms with E-state index in [0.717, 1.165) is 34.2 Å². The number of sulfonamides is 1. The third-order valence-electron chi connectivity index (χ3n) is 6.29. The molecule has 4 rings (SSSR count). The zero-order valence-corrected chi connectivity index (χ0v) is 22.6. The predicted octanol–water partition coefficient (Wildman–Crippen LogP) is 4.89. The number of aromatic amines is 1. The summed E-state index contributed by atoms with van der Waals surface area (Å²) in [4.78, 5) is 24.7. The van der Waals surface area contributed by atoms with E-state index in [9.17, 15) is 17.6 Å². The van der Waals surface area contributed by atoms with Gasteiger partial charge in [-0.3, -0.25) is 4.98 Å². The Kier molecular flexibility index (Phi) is 8.23. The van der Waals surface area contributed by atoms with E-state index in [1.165, 1.54) is 29.6 Å². The number of carbonyl (C=O) groups is 1. The van der Waals surface area contributed by atoms with Gasteiger partial charge in [-0.1, -0.05) is 32.0 Å². The second-order valence-corrected chi connectivity index (χ2v) is 11.7. The molecule has 2 aromatic carbocycles. The zero-order chi connectivity index (χ0) is 27.4. The fraction of sp³-hybridized carbons (Fsp3) is 0.321. The third kappa shape index (κ3) is 6.25. The first kappa shape index (κ1) is 27.4. The van der Waals surface area contributed by atoms with Gasteiger partial charge in [0.15, 0.2) is 0 Å². The van der Waals surface area contributed by atoms with Gasteiger partial charge in [-0.25, -0.2) is 22.6 Å². The minimum atomic E-state index is -3.87. The quantitative estimate of drug-likeness (QED) is 0.288. The Hall–Kier alpha value is -3.63. The molecule has 2 heterocycles. The molecule has 4 aromatic rings. The molecule has 1 atom stereocenters. The van der Waals surface area contributed by atoms with Crippen LogP contribution in [0.1, 0.15) is 47.7 Å². The van der Waals surface area contributed by atoms with E-state index in [2.05, 4.69) is 15.0 Å². The number of halogens is 1. The fourth-order valence-corrected chi connectivity index (χ4v) is 5.67. The first-order valence-corrected chi connectivity index (χ1v) is 13.8. The van der Waals surface area contributed by atoms with Crippen LogP contribution in [0.4, 0.5) is 4.39 Å². The molecule has 8 nitrogen and oxygen atoms in total. The van der Waals surface area contributed by atoms with Crippen LogP contribution in [0, 0.1) is 18.7 Å². The number of nitrogens with zero attached hydrogens (tertiary/aromatic N) is 3. The molecule has 38 heavy (non-hydrogen) atoms. The van der Waals surface area contributed by atoms with Crippen molar-refractivity contribution in [3.05, 3.63) is 89.3 Å². The number of aryl methyl sites for hydroxylation is 1. The van der Waals surface area contributed by atoms with Crippen molar-refractivity contribution in [3.8, 4) is 0 Å². The number of carbonyl (C=O) groups excluding carboxylic acids is 1. The van der Waals surface area contributed by atoms with E-state index in [4.69, 9.17) is 4.74 Å². The molecule has 200 valence electrons. The fourth-order valence-electron chi connectivity index (χ4n) is 4.31. The van der Waals surface area contributed by atoms with Gasteiger partial charge in [-0.2, -0.15) is 4.31 Å². The van der Waals surface area contributed by atoms with Crippen LogP contribution in [-0.2, 0) is 21.2 Å². The maximum absolute atomic E-state index is 13.5. The number of aromatic nitrogens is 3. The minimum absolute atomic E-state index is 0.0737. The standard InChI is InChI=1S/C28H31FN4O4S/c1-18(2)14-23(17-37-28(34)21-6-5-7-22(29)16-21)33(4)38(35,36)24-10-8-20(9-11-24)15-26-27-25(12-13-30-26)31-19(3)32-27/h5-13,16,18,23H,14-15,17H2,1-4H3,(H,31,32)/t23-/m0/s1. The molecule has 0 radical (unpaired) electrons. The average molecular weight is 539 g/mol. The second-order valence-electron chi connectivity index (χ2n) is 9.71. The number of hydrogen-bond donors (Lipinski definition) is 1. The second kappa shape index (κ2) is 11.4. The van der Waals surface area contributed by atoms with Crippen molar-refractivity contribution in [1.29, 1.82) is 0 Å². The number of likely N-dealkylation sites (N-methyl/N-ethyl adjacent to an activating group) is 1. The van der Waals surface area contributed by atoms with Gasteiger partial charge in [0.05, 0.1) is 27.7 Å². The van der Waals surface area contributed by atoms with Crippen LogP contribution in [0.5, 0.6) is 0 Å². The van der Waals surface area contributed by atoms with Crippen LogP contribution in [0.3, 0.4) is 0 Å². The van der Waals surface area contributed by atoms with Gasteiger partial charge >= 0.3 is 5.97 Å². The smallest absolute Gasteiger partial charge is 0.338 e. The van der Waals surface area contributed by atoms with E-state index >= 15 is 0 Å². The van der Waals surface area contributed by atoms with Crippen LogP contribution < -0.4 is 0 Å². The van der Waals surface area contributed by atoms with Crippen LogP contribution in [-0.4, -0.2) is 53.3 Å². The zero-order valence-electron chi connectivity index (χ0n) is 21.8. The van der Waals surface area contributed by atoms with Gasteiger partial charge < -0.3 is 9.72 Å². The highest BCUT2D eigenvalue weighted by Crippen LogP contribution is 2.23. The Morgan fingerprint density at radius 2 is 1.87 bits per heavy atom. The Labute approximate surface area is 221 Å². The summed E-state index contributed by atoms with van der Waals surface area (Å²) in [5, 5.41) is 0. The summed E-state index contributed by atoms with van der Waals surface area (Å²) < 4.78 is 47.1. The summed E-state index contributed by atoms with van der Waals surface area (Å²) in [5.41, 5.74) is 3.48. The highest BCUT2D eigenvalue weighted by Gasteiger charge is 2.30. The van der Waals surface area contributed by atoms with Gasteiger partial charge in [0.2, 0.25) is 10.0 Å². The van der Waals surface area contributed by atoms with Crippen LogP contribution in [0.25, 0.3) is 11.0 Å². The lowest BCUT2D eigenvalue weighted by Gasteiger charge is -2.28. The number of fused-ring (bicyclic) bond motifs is 1. The van der Waals surface area contributed by atoms with Crippen molar-refractivity contribution >= 4 is 27.0 Å². The van der Waals surface area contributed by atoms with E-state index in [1.807, 2.05) is 26.8 Å². The molecule has 0 saturated heterocycles. The van der Waals surface area contributed by atoms with Crippen molar-refractivity contribution < 1.29 is 22.3 Å². The summed E-state index contributed by atoms with van der Waals surface area (Å²) in [5.74, 6) is -0.303. The normalized spacial score (nSPS) is 12.8. The van der Waals surface area contributed by atoms with Crippen molar-refractivity contribution in [1.82, 2.24) is 19.3 Å². The summed E-state index contributed by atoms with van der Waals surface area (Å²) >= 11 is 0. The lowest BCUT2D eigenvalue weighted by molar-refractivity contribution is 0.0415. The van der Waals surface area contributed by atoms with Crippen LogP contribution in [0.15, 0.2) is 65.7 Å². The lowest BCUT2D eigenvalue weighted by atomic mass is 10.0. The molecule has 0 aliphatic heterocycles. The minimum Gasteiger partial charge on any atom is -0.460 e. The number of imidazole rings is 1. The molecular weight excluding hydrogens is 507 g/mol. The monoisotopic (exact) mass is 538 g/mol. The van der Waals surface area contributed by atoms with E-state index < -0.39 is 27.9 Å². The summed E-state index contributed by atoms with van der Waals surface area (Å²) in [6.45, 7) is 5.66. The summed E-state index contributed by atoms with van der Waals surface area (Å²) in [7, 11) is -2.39. The van der Waals surface area contributed by atoms with Gasteiger partial charge in [0, 0.05) is 19.7 Å².